The number of rotatable bonds is 5. The summed E-state index contributed by atoms with van der Waals surface area (Å²) in [4.78, 5) is 4.39. The van der Waals surface area contributed by atoms with Gasteiger partial charge in [0.1, 0.15) is 0 Å². The summed E-state index contributed by atoms with van der Waals surface area (Å²) in [7, 11) is 0. The first-order chi connectivity index (χ1) is 15.3. The second-order valence-electron chi connectivity index (χ2n) is 6.70. The zero-order valence-electron chi connectivity index (χ0n) is 18.4. The van der Waals surface area contributed by atoms with Crippen LogP contribution in [0.2, 0.25) is 0 Å². The van der Waals surface area contributed by atoms with Crippen molar-refractivity contribution in [3.63, 3.8) is 0 Å². The molecule has 4 nitrogen and oxygen atoms in total. The van der Waals surface area contributed by atoms with Gasteiger partial charge < -0.3 is 17.0 Å². The minimum atomic E-state index is 0. The molecule has 4 aromatic carbocycles. The van der Waals surface area contributed by atoms with E-state index in [4.69, 9.17) is 10.8 Å². The van der Waals surface area contributed by atoms with Gasteiger partial charge in [0, 0.05) is 12.8 Å². The highest BCUT2D eigenvalue weighted by molar-refractivity contribution is 5.79. The van der Waals surface area contributed by atoms with Gasteiger partial charge in [-0.1, -0.05) is 136 Å². The fraction of sp³-hybridized carbons (Fsp3) is 0.167. The SMILES string of the molecule is C.C.C(=NCc1ccccc1)c1ccccc1.N.NCc1ccccc1.OCc1ccccc1. The van der Waals surface area contributed by atoms with Gasteiger partial charge in [0.15, 0.2) is 0 Å². The summed E-state index contributed by atoms with van der Waals surface area (Å²) in [5, 5.41) is 8.54. The standard InChI is InChI=1S/C14H13N.C7H9N.C7H8O.2CH4.H3N/c1-3-7-13(8-4-1)11-15-12-14-9-5-2-6-10-14;2*8-6-7-4-2-1-3-5-7;;;/h1-11H,12H2;1-5H,6,8H2;1-5,8H,6H2;2*1H4;1H3. The number of aliphatic hydroxyl groups excluding tert-OH is 1. The lowest BCUT2D eigenvalue weighted by Gasteiger charge is -1.94. The zero-order valence-corrected chi connectivity index (χ0v) is 18.4. The van der Waals surface area contributed by atoms with Crippen LogP contribution in [-0.2, 0) is 19.7 Å². The Morgan fingerprint density at radius 3 is 1.32 bits per heavy atom. The number of hydrogen-bond donors (Lipinski definition) is 3. The summed E-state index contributed by atoms with van der Waals surface area (Å²) in [5.74, 6) is 0. The lowest BCUT2D eigenvalue weighted by atomic mass is 10.2. The maximum absolute atomic E-state index is 8.54. The molecule has 0 aromatic heterocycles. The van der Waals surface area contributed by atoms with E-state index in [0.717, 1.165) is 17.7 Å². The maximum Gasteiger partial charge on any atom is 0.0681 e. The monoisotopic (exact) mass is 459 g/mol. The normalized spacial score (nSPS) is 9.00. The molecule has 0 radical (unpaired) electrons. The van der Waals surface area contributed by atoms with Crippen molar-refractivity contribution in [1.82, 2.24) is 6.15 Å². The first-order valence-corrected chi connectivity index (χ1v) is 10.3. The molecule has 182 valence electrons. The Balaban J connectivity index is 0. The lowest BCUT2D eigenvalue weighted by molar-refractivity contribution is 0.282. The fourth-order valence-corrected chi connectivity index (χ4v) is 2.58. The fourth-order valence-electron chi connectivity index (χ4n) is 2.58. The van der Waals surface area contributed by atoms with E-state index in [9.17, 15) is 0 Å². The van der Waals surface area contributed by atoms with E-state index < -0.39 is 0 Å². The van der Waals surface area contributed by atoms with Gasteiger partial charge in [-0.05, 0) is 22.3 Å². The maximum atomic E-state index is 8.54. The van der Waals surface area contributed by atoms with Crippen molar-refractivity contribution in [1.29, 1.82) is 0 Å². The Hall–Kier alpha value is -3.57. The summed E-state index contributed by atoms with van der Waals surface area (Å²) in [6.45, 7) is 1.53. The van der Waals surface area contributed by atoms with Crippen LogP contribution >= 0.6 is 0 Å². The van der Waals surface area contributed by atoms with Gasteiger partial charge in [-0.15, -0.1) is 0 Å². The number of aliphatic hydroxyl groups is 1. The molecule has 0 saturated heterocycles. The van der Waals surface area contributed by atoms with Crippen LogP contribution in [0.4, 0.5) is 0 Å². The number of aliphatic imine (C=N–C) groups is 1. The van der Waals surface area contributed by atoms with Crippen molar-refractivity contribution >= 4 is 6.21 Å². The molecule has 4 heteroatoms. The second-order valence-corrected chi connectivity index (χ2v) is 6.70. The largest absolute Gasteiger partial charge is 0.392 e. The zero-order chi connectivity index (χ0) is 22.0. The van der Waals surface area contributed by atoms with E-state index in [0.29, 0.717) is 6.54 Å². The smallest absolute Gasteiger partial charge is 0.0681 e. The number of nitrogens with two attached hydrogens (primary N) is 1. The topological polar surface area (TPSA) is 93.6 Å². The predicted molar refractivity (Wildman–Crippen MR) is 149 cm³/mol. The van der Waals surface area contributed by atoms with E-state index in [2.05, 4.69) is 29.3 Å². The summed E-state index contributed by atoms with van der Waals surface area (Å²) < 4.78 is 0. The van der Waals surface area contributed by atoms with Gasteiger partial charge in [-0.3, -0.25) is 4.99 Å². The quantitative estimate of drug-likeness (QED) is 0.279. The Morgan fingerprint density at radius 1 is 0.588 bits per heavy atom. The van der Waals surface area contributed by atoms with Crippen LogP contribution in [0.5, 0.6) is 0 Å². The second kappa shape index (κ2) is 21.3. The molecule has 0 heterocycles. The number of benzene rings is 4. The average molecular weight is 460 g/mol. The molecule has 0 amide bonds. The van der Waals surface area contributed by atoms with E-state index >= 15 is 0 Å². The molecule has 0 spiro atoms. The van der Waals surface area contributed by atoms with Crippen molar-refractivity contribution in [2.45, 2.75) is 34.5 Å². The third-order valence-corrected chi connectivity index (χ3v) is 4.26. The molecule has 4 aromatic rings. The van der Waals surface area contributed by atoms with Gasteiger partial charge in [0.05, 0.1) is 13.2 Å². The molecule has 0 aliphatic carbocycles. The van der Waals surface area contributed by atoms with Crippen LogP contribution in [0.15, 0.2) is 126 Å². The Kier molecular flexibility index (Phi) is 20.4. The first-order valence-electron chi connectivity index (χ1n) is 10.3. The number of hydrogen-bond acceptors (Lipinski definition) is 4. The van der Waals surface area contributed by atoms with E-state index in [1.54, 1.807) is 0 Å². The van der Waals surface area contributed by atoms with Gasteiger partial charge in [0.25, 0.3) is 0 Å². The predicted octanol–water partition coefficient (Wildman–Crippen LogP) is 7.06. The summed E-state index contributed by atoms with van der Waals surface area (Å²) in [6.07, 6.45) is 1.91. The van der Waals surface area contributed by atoms with Crippen molar-refractivity contribution in [3.05, 3.63) is 144 Å². The molecule has 0 fully saturated rings. The molecule has 0 bridgehead atoms. The highest BCUT2D eigenvalue weighted by atomic mass is 16.3. The molecule has 6 N–H and O–H groups in total. The van der Waals surface area contributed by atoms with Crippen LogP contribution in [0, 0.1) is 0 Å². The van der Waals surface area contributed by atoms with Crippen LogP contribution in [-0.4, -0.2) is 11.3 Å². The minimum Gasteiger partial charge on any atom is -0.392 e. The van der Waals surface area contributed by atoms with Gasteiger partial charge in [-0.25, -0.2) is 0 Å². The Labute approximate surface area is 206 Å². The Morgan fingerprint density at radius 2 is 0.971 bits per heavy atom. The van der Waals surface area contributed by atoms with Crippen molar-refractivity contribution in [2.24, 2.45) is 10.7 Å². The van der Waals surface area contributed by atoms with E-state index in [1.807, 2.05) is 103 Å². The van der Waals surface area contributed by atoms with Crippen molar-refractivity contribution in [2.75, 3.05) is 0 Å². The third-order valence-electron chi connectivity index (χ3n) is 4.26. The average Bonchev–Trinajstić information content (AvgIpc) is 2.87. The molecule has 4 rings (SSSR count). The molecule has 0 saturated carbocycles. The third kappa shape index (κ3) is 14.5. The highest BCUT2D eigenvalue weighted by Crippen LogP contribution is 2.01. The van der Waals surface area contributed by atoms with Crippen LogP contribution < -0.4 is 11.9 Å². The molecule has 0 aliphatic heterocycles. The summed E-state index contributed by atoms with van der Waals surface area (Å²) in [5.41, 5.74) is 9.89. The Bertz CT molecular complexity index is 921. The van der Waals surface area contributed by atoms with E-state index in [1.165, 1.54) is 11.1 Å². The van der Waals surface area contributed by atoms with Crippen LogP contribution in [0.1, 0.15) is 37.1 Å². The van der Waals surface area contributed by atoms with Gasteiger partial charge in [-0.2, -0.15) is 0 Å². The molecule has 34 heavy (non-hydrogen) atoms. The highest BCUT2D eigenvalue weighted by Gasteiger charge is 1.87. The van der Waals surface area contributed by atoms with Gasteiger partial charge in [0.2, 0.25) is 0 Å². The van der Waals surface area contributed by atoms with Crippen LogP contribution in [0.25, 0.3) is 0 Å². The molecule has 0 atom stereocenters. The molecular formula is C30H41N3O. The summed E-state index contributed by atoms with van der Waals surface area (Å²) >= 11 is 0. The van der Waals surface area contributed by atoms with Crippen molar-refractivity contribution in [3.8, 4) is 0 Å². The van der Waals surface area contributed by atoms with Crippen molar-refractivity contribution < 1.29 is 5.11 Å². The molecule has 0 unspecified atom stereocenters. The van der Waals surface area contributed by atoms with Crippen LogP contribution in [0.3, 0.4) is 0 Å². The minimum absolute atomic E-state index is 0. The summed E-state index contributed by atoms with van der Waals surface area (Å²) in [6, 6.07) is 39.9. The lowest BCUT2D eigenvalue weighted by Crippen LogP contribution is -1.94. The van der Waals surface area contributed by atoms with E-state index in [-0.39, 0.29) is 27.6 Å². The number of nitrogens with zero attached hydrogens (tertiary/aromatic N) is 1. The molecular weight excluding hydrogens is 418 g/mol. The first kappa shape index (κ1) is 32.6. The molecule has 0 aliphatic rings. The van der Waals surface area contributed by atoms with Gasteiger partial charge >= 0.3 is 0 Å².